The SMILES string of the molecule is CO[C@H]1CNCC1N1CC2(CC2)C1. The zero-order valence-electron chi connectivity index (χ0n) is 8.25. The highest BCUT2D eigenvalue weighted by atomic mass is 16.5. The van der Waals surface area contributed by atoms with Crippen LogP contribution in [-0.2, 0) is 4.74 Å². The molecule has 0 aromatic heterocycles. The molecule has 1 unspecified atom stereocenters. The van der Waals surface area contributed by atoms with Gasteiger partial charge in [0.25, 0.3) is 0 Å². The summed E-state index contributed by atoms with van der Waals surface area (Å²) >= 11 is 0. The lowest BCUT2D eigenvalue weighted by Crippen LogP contribution is -2.57. The van der Waals surface area contributed by atoms with Gasteiger partial charge in [0.05, 0.1) is 6.10 Å². The summed E-state index contributed by atoms with van der Waals surface area (Å²) in [7, 11) is 1.83. The summed E-state index contributed by atoms with van der Waals surface area (Å²) < 4.78 is 5.47. The molecule has 1 aliphatic carbocycles. The third kappa shape index (κ3) is 1.22. The van der Waals surface area contributed by atoms with Gasteiger partial charge < -0.3 is 10.1 Å². The summed E-state index contributed by atoms with van der Waals surface area (Å²) in [6.45, 7) is 4.82. The molecule has 1 spiro atoms. The molecule has 2 heterocycles. The number of ether oxygens (including phenoxy) is 1. The van der Waals surface area contributed by atoms with Gasteiger partial charge in [-0.25, -0.2) is 0 Å². The Labute approximate surface area is 79.4 Å². The summed E-state index contributed by atoms with van der Waals surface area (Å²) in [5.74, 6) is 0. The highest BCUT2D eigenvalue weighted by molar-refractivity contribution is 5.08. The lowest BCUT2D eigenvalue weighted by molar-refractivity contribution is -0.0202. The van der Waals surface area contributed by atoms with E-state index in [1.165, 1.54) is 25.9 Å². The van der Waals surface area contributed by atoms with E-state index in [0.717, 1.165) is 18.5 Å². The maximum absolute atomic E-state index is 5.47. The minimum absolute atomic E-state index is 0.427. The summed E-state index contributed by atoms with van der Waals surface area (Å²) in [6, 6.07) is 0.649. The van der Waals surface area contributed by atoms with Crippen molar-refractivity contribution < 1.29 is 4.74 Å². The van der Waals surface area contributed by atoms with Crippen LogP contribution in [-0.4, -0.2) is 50.3 Å². The highest BCUT2D eigenvalue weighted by Gasteiger charge is 2.55. The third-order valence-corrected chi connectivity index (χ3v) is 3.93. The number of hydrogen-bond acceptors (Lipinski definition) is 3. The van der Waals surface area contributed by atoms with Crippen molar-refractivity contribution in [3.63, 3.8) is 0 Å². The molecule has 0 aromatic carbocycles. The first-order valence-electron chi connectivity index (χ1n) is 5.31. The second-order valence-corrected chi connectivity index (χ2v) is 4.90. The van der Waals surface area contributed by atoms with E-state index in [0.29, 0.717) is 12.1 Å². The second kappa shape index (κ2) is 2.69. The van der Waals surface area contributed by atoms with E-state index in [4.69, 9.17) is 4.74 Å². The van der Waals surface area contributed by atoms with Crippen LogP contribution in [0.25, 0.3) is 0 Å². The minimum Gasteiger partial charge on any atom is -0.378 e. The van der Waals surface area contributed by atoms with Gasteiger partial charge in [0, 0.05) is 39.3 Å². The van der Waals surface area contributed by atoms with Crippen LogP contribution in [0.2, 0.25) is 0 Å². The van der Waals surface area contributed by atoms with Crippen molar-refractivity contribution in [3.8, 4) is 0 Å². The molecule has 3 rings (SSSR count). The molecule has 2 atom stereocenters. The maximum Gasteiger partial charge on any atom is 0.0862 e. The molecular weight excluding hydrogens is 164 g/mol. The van der Waals surface area contributed by atoms with E-state index in [9.17, 15) is 0 Å². The topological polar surface area (TPSA) is 24.5 Å². The van der Waals surface area contributed by atoms with Gasteiger partial charge in [-0.2, -0.15) is 0 Å². The number of nitrogens with zero attached hydrogens (tertiary/aromatic N) is 1. The first-order chi connectivity index (χ1) is 6.33. The molecule has 3 fully saturated rings. The summed E-state index contributed by atoms with van der Waals surface area (Å²) in [4.78, 5) is 2.60. The van der Waals surface area contributed by atoms with Gasteiger partial charge in [0.1, 0.15) is 0 Å². The van der Waals surface area contributed by atoms with Gasteiger partial charge in [-0.05, 0) is 18.3 Å². The van der Waals surface area contributed by atoms with Gasteiger partial charge in [0.15, 0.2) is 0 Å². The Morgan fingerprint density at radius 2 is 2.08 bits per heavy atom. The van der Waals surface area contributed by atoms with Gasteiger partial charge >= 0.3 is 0 Å². The Hall–Kier alpha value is -0.120. The Bertz CT molecular complexity index is 207. The second-order valence-electron chi connectivity index (χ2n) is 4.90. The standard InChI is InChI=1S/C10H18N2O/c1-13-9-5-11-4-8(9)12-6-10(7-12)2-3-10/h8-9,11H,2-7H2,1H3/t8?,9-/m0/s1. The van der Waals surface area contributed by atoms with E-state index < -0.39 is 0 Å². The Kier molecular flexibility index (Phi) is 1.70. The van der Waals surface area contributed by atoms with E-state index in [2.05, 4.69) is 10.2 Å². The molecule has 3 aliphatic rings. The molecule has 0 amide bonds. The molecule has 2 saturated heterocycles. The molecule has 13 heavy (non-hydrogen) atoms. The zero-order valence-corrected chi connectivity index (χ0v) is 8.25. The summed E-state index contributed by atoms with van der Waals surface area (Å²) in [5, 5.41) is 3.40. The zero-order chi connectivity index (χ0) is 8.89. The fourth-order valence-corrected chi connectivity index (χ4v) is 2.79. The monoisotopic (exact) mass is 182 g/mol. The summed E-state index contributed by atoms with van der Waals surface area (Å²) in [6.07, 6.45) is 3.37. The highest BCUT2D eigenvalue weighted by Crippen LogP contribution is 2.53. The molecule has 0 aromatic rings. The van der Waals surface area contributed by atoms with E-state index >= 15 is 0 Å². The Balaban J connectivity index is 1.59. The molecule has 1 saturated carbocycles. The first kappa shape index (κ1) is 8.21. The van der Waals surface area contributed by atoms with Crippen molar-refractivity contribution in [3.05, 3.63) is 0 Å². The van der Waals surface area contributed by atoms with Crippen LogP contribution in [0.1, 0.15) is 12.8 Å². The first-order valence-corrected chi connectivity index (χ1v) is 5.31. The minimum atomic E-state index is 0.427. The fraction of sp³-hybridized carbons (Fsp3) is 1.00. The van der Waals surface area contributed by atoms with Crippen molar-refractivity contribution in [2.45, 2.75) is 25.0 Å². The quantitative estimate of drug-likeness (QED) is 0.654. The third-order valence-electron chi connectivity index (χ3n) is 3.93. The van der Waals surface area contributed by atoms with Crippen LogP contribution in [0.3, 0.4) is 0 Å². The van der Waals surface area contributed by atoms with Crippen LogP contribution < -0.4 is 5.32 Å². The number of likely N-dealkylation sites (tertiary alicyclic amines) is 1. The van der Waals surface area contributed by atoms with Crippen LogP contribution in [0.15, 0.2) is 0 Å². The lowest BCUT2D eigenvalue weighted by Gasteiger charge is -2.45. The van der Waals surface area contributed by atoms with Crippen LogP contribution in [0, 0.1) is 5.41 Å². The predicted octanol–water partition coefficient (Wildman–Crippen LogP) is 0.0690. The van der Waals surface area contributed by atoms with Crippen molar-refractivity contribution in [1.29, 1.82) is 0 Å². The molecule has 74 valence electrons. The van der Waals surface area contributed by atoms with Gasteiger partial charge in [-0.1, -0.05) is 0 Å². The Morgan fingerprint density at radius 1 is 1.31 bits per heavy atom. The number of nitrogens with one attached hydrogen (secondary N) is 1. The van der Waals surface area contributed by atoms with E-state index in [-0.39, 0.29) is 0 Å². The molecule has 3 heteroatoms. The van der Waals surface area contributed by atoms with E-state index in [1.54, 1.807) is 0 Å². The van der Waals surface area contributed by atoms with E-state index in [1.807, 2.05) is 7.11 Å². The van der Waals surface area contributed by atoms with Crippen molar-refractivity contribution in [2.75, 3.05) is 33.3 Å². The van der Waals surface area contributed by atoms with Crippen LogP contribution in [0.5, 0.6) is 0 Å². The van der Waals surface area contributed by atoms with Crippen LogP contribution >= 0.6 is 0 Å². The predicted molar refractivity (Wildman–Crippen MR) is 50.7 cm³/mol. The normalized spacial score (nSPS) is 42.2. The molecular formula is C10H18N2O. The van der Waals surface area contributed by atoms with Gasteiger partial charge in [-0.15, -0.1) is 0 Å². The smallest absolute Gasteiger partial charge is 0.0862 e. The van der Waals surface area contributed by atoms with Crippen molar-refractivity contribution in [1.82, 2.24) is 10.2 Å². The number of rotatable bonds is 2. The number of hydrogen-bond donors (Lipinski definition) is 1. The van der Waals surface area contributed by atoms with Crippen LogP contribution in [0.4, 0.5) is 0 Å². The Morgan fingerprint density at radius 3 is 2.69 bits per heavy atom. The average Bonchev–Trinajstić information content (AvgIpc) is 2.75. The largest absolute Gasteiger partial charge is 0.378 e. The molecule has 0 radical (unpaired) electrons. The molecule has 2 aliphatic heterocycles. The van der Waals surface area contributed by atoms with Crippen molar-refractivity contribution in [2.24, 2.45) is 5.41 Å². The molecule has 1 N–H and O–H groups in total. The van der Waals surface area contributed by atoms with Gasteiger partial charge in [0.2, 0.25) is 0 Å². The van der Waals surface area contributed by atoms with Gasteiger partial charge in [-0.3, -0.25) is 4.90 Å². The average molecular weight is 182 g/mol. The molecule has 0 bridgehead atoms. The fourth-order valence-electron chi connectivity index (χ4n) is 2.79. The lowest BCUT2D eigenvalue weighted by atomic mass is 9.93. The van der Waals surface area contributed by atoms with Crippen molar-refractivity contribution >= 4 is 0 Å². The summed E-state index contributed by atoms with van der Waals surface area (Å²) in [5.41, 5.74) is 0.779. The maximum atomic E-state index is 5.47. The number of methoxy groups -OCH3 is 1. The molecule has 3 nitrogen and oxygen atoms in total.